The molecule has 30 heavy (non-hydrogen) atoms. The molecule has 0 atom stereocenters. The van der Waals surface area contributed by atoms with Gasteiger partial charge in [0.05, 0.1) is 11.6 Å². The number of hydrogen-bond acceptors (Lipinski definition) is 5. The van der Waals surface area contributed by atoms with Crippen molar-refractivity contribution in [1.29, 1.82) is 0 Å². The van der Waals surface area contributed by atoms with Gasteiger partial charge in [-0.1, -0.05) is 18.5 Å². The number of ether oxygens (including phenoxy) is 1. The average molecular weight is 465 g/mol. The van der Waals surface area contributed by atoms with Crippen LogP contribution in [0, 0.1) is 0 Å². The number of anilines is 2. The lowest BCUT2D eigenvalue weighted by Crippen LogP contribution is -2.34. The Morgan fingerprint density at radius 3 is 2.00 bits per heavy atom. The molecule has 0 spiro atoms. The number of benzene rings is 2. The molecule has 0 bridgehead atoms. The third kappa shape index (κ3) is 7.25. The molecule has 0 heterocycles. The van der Waals surface area contributed by atoms with Crippen LogP contribution in [-0.2, 0) is 4.79 Å². The quantitative estimate of drug-likeness (QED) is 0.478. The fourth-order valence-corrected chi connectivity index (χ4v) is 2.94. The number of hydrogen-bond donors (Lipinski definition) is 4. The van der Waals surface area contributed by atoms with E-state index in [0.29, 0.717) is 40.7 Å². The van der Waals surface area contributed by atoms with E-state index in [-0.39, 0.29) is 16.1 Å². The van der Waals surface area contributed by atoms with Crippen molar-refractivity contribution in [2.75, 3.05) is 17.2 Å². The monoisotopic (exact) mass is 464 g/mol. The summed E-state index contributed by atoms with van der Waals surface area (Å²) in [5.41, 5.74) is 1.72. The first-order chi connectivity index (χ1) is 14.3. The summed E-state index contributed by atoms with van der Waals surface area (Å²) < 4.78 is 5.35. The summed E-state index contributed by atoms with van der Waals surface area (Å²) in [7, 11) is 0. The van der Waals surface area contributed by atoms with Gasteiger partial charge < -0.3 is 20.7 Å². The van der Waals surface area contributed by atoms with Gasteiger partial charge in [-0.05, 0) is 73.8 Å². The largest absolute Gasteiger partial charge is 0.492 e. The van der Waals surface area contributed by atoms with Crippen LogP contribution in [0.5, 0.6) is 5.75 Å². The molecule has 4 N–H and O–H groups in total. The van der Waals surface area contributed by atoms with Crippen LogP contribution in [0.1, 0.15) is 30.6 Å². The highest BCUT2D eigenvalue weighted by Crippen LogP contribution is 2.25. The Hall–Kier alpha value is -2.75. The number of nitrogens with one attached hydrogen (secondary N) is 4. The summed E-state index contributed by atoms with van der Waals surface area (Å²) in [4.78, 5) is 23.7. The van der Waals surface area contributed by atoms with E-state index >= 15 is 0 Å². The first kappa shape index (κ1) is 23.5. The minimum absolute atomic E-state index is 0.136. The third-order valence-corrected chi connectivity index (χ3v) is 4.40. The van der Waals surface area contributed by atoms with Gasteiger partial charge in [-0.2, -0.15) is 0 Å². The van der Waals surface area contributed by atoms with Crippen molar-refractivity contribution >= 4 is 69.5 Å². The van der Waals surface area contributed by atoms with E-state index in [0.717, 1.165) is 0 Å². The minimum atomic E-state index is -0.396. The second kappa shape index (κ2) is 11.4. The fourth-order valence-electron chi connectivity index (χ4n) is 2.27. The lowest BCUT2D eigenvalue weighted by molar-refractivity contribution is -0.119. The number of rotatable bonds is 6. The van der Waals surface area contributed by atoms with Gasteiger partial charge in [0.25, 0.3) is 5.91 Å². The first-order valence-corrected chi connectivity index (χ1v) is 10.3. The van der Waals surface area contributed by atoms with Crippen LogP contribution < -0.4 is 26.0 Å². The molecule has 7 nitrogen and oxygen atoms in total. The number of amides is 2. The highest BCUT2D eigenvalue weighted by molar-refractivity contribution is 7.80. The molecule has 0 fully saturated rings. The number of carbonyl (C=O) groups is 2. The smallest absolute Gasteiger partial charge is 0.257 e. The highest BCUT2D eigenvalue weighted by atomic mass is 35.5. The number of carbonyl (C=O) groups excluding carboxylic acids is 2. The zero-order valence-corrected chi connectivity index (χ0v) is 18.8. The standard InChI is InChI=1S/C20H21ClN4O3S2/c1-3-17(26)24-19(29)22-13-6-8-14(9-7-13)23-20(30)25-18(27)12-5-10-16(28-4-2)15(21)11-12/h5-11H,3-4H2,1-2H3,(H2,22,24,26,29)(H2,23,25,27,30). The average Bonchev–Trinajstić information content (AvgIpc) is 2.70. The van der Waals surface area contributed by atoms with Crippen LogP contribution in [0.15, 0.2) is 42.5 Å². The summed E-state index contributed by atoms with van der Waals surface area (Å²) in [5, 5.41) is 11.7. The zero-order valence-electron chi connectivity index (χ0n) is 16.4. The van der Waals surface area contributed by atoms with Crippen LogP contribution in [-0.4, -0.2) is 28.6 Å². The van der Waals surface area contributed by atoms with Gasteiger partial charge in [0.15, 0.2) is 10.2 Å². The highest BCUT2D eigenvalue weighted by Gasteiger charge is 2.11. The molecule has 0 unspecified atom stereocenters. The Kier molecular flexibility index (Phi) is 8.97. The Bertz CT molecular complexity index is 952. The third-order valence-electron chi connectivity index (χ3n) is 3.70. The van der Waals surface area contributed by atoms with Gasteiger partial charge in [0.2, 0.25) is 5.91 Å². The Labute approximate surface area is 190 Å². The number of thiocarbonyl (C=S) groups is 2. The maximum Gasteiger partial charge on any atom is 0.257 e. The van der Waals surface area contributed by atoms with Crippen molar-refractivity contribution in [2.24, 2.45) is 0 Å². The maximum absolute atomic E-state index is 12.4. The topological polar surface area (TPSA) is 91.5 Å². The Morgan fingerprint density at radius 1 is 0.933 bits per heavy atom. The second-order valence-electron chi connectivity index (χ2n) is 5.92. The van der Waals surface area contributed by atoms with Gasteiger partial charge in [0.1, 0.15) is 5.75 Å². The second-order valence-corrected chi connectivity index (χ2v) is 7.14. The maximum atomic E-state index is 12.4. The van der Waals surface area contributed by atoms with Crippen LogP contribution in [0.3, 0.4) is 0 Å². The molecule has 10 heteroatoms. The molecule has 0 aromatic heterocycles. The van der Waals surface area contributed by atoms with E-state index < -0.39 is 5.91 Å². The van der Waals surface area contributed by atoms with E-state index in [1.54, 1.807) is 43.3 Å². The molecule has 0 aliphatic rings. The molecule has 0 aliphatic heterocycles. The van der Waals surface area contributed by atoms with Crippen molar-refractivity contribution in [3.05, 3.63) is 53.1 Å². The van der Waals surface area contributed by atoms with Crippen molar-refractivity contribution < 1.29 is 14.3 Å². The minimum Gasteiger partial charge on any atom is -0.492 e. The molecule has 0 saturated heterocycles. The predicted molar refractivity (Wildman–Crippen MR) is 127 cm³/mol. The van der Waals surface area contributed by atoms with Crippen LogP contribution in [0.25, 0.3) is 0 Å². The summed E-state index contributed by atoms with van der Waals surface area (Å²) in [6.07, 6.45) is 0.344. The number of halogens is 1. The molecule has 158 valence electrons. The van der Waals surface area contributed by atoms with Crippen molar-refractivity contribution in [2.45, 2.75) is 20.3 Å². The van der Waals surface area contributed by atoms with Crippen LogP contribution in [0.2, 0.25) is 5.02 Å². The Morgan fingerprint density at radius 2 is 1.50 bits per heavy atom. The van der Waals surface area contributed by atoms with E-state index in [2.05, 4.69) is 21.3 Å². The van der Waals surface area contributed by atoms with Crippen molar-refractivity contribution in [3.63, 3.8) is 0 Å². The van der Waals surface area contributed by atoms with Crippen molar-refractivity contribution in [3.8, 4) is 5.75 Å². The molecule has 0 aliphatic carbocycles. The lowest BCUT2D eigenvalue weighted by Gasteiger charge is -2.12. The normalized spacial score (nSPS) is 9.97. The fraction of sp³-hybridized carbons (Fsp3) is 0.200. The Balaban J connectivity index is 1.90. The van der Waals surface area contributed by atoms with Crippen molar-refractivity contribution in [1.82, 2.24) is 10.6 Å². The van der Waals surface area contributed by atoms with Gasteiger partial charge in [-0.15, -0.1) is 0 Å². The summed E-state index contributed by atoms with van der Waals surface area (Å²) >= 11 is 16.4. The molecule has 0 saturated carbocycles. The molecule has 2 aromatic carbocycles. The lowest BCUT2D eigenvalue weighted by atomic mass is 10.2. The molecule has 2 amide bonds. The van der Waals surface area contributed by atoms with Crippen LogP contribution >= 0.6 is 36.0 Å². The molecular weight excluding hydrogens is 444 g/mol. The van der Waals surface area contributed by atoms with E-state index in [1.807, 2.05) is 6.92 Å². The van der Waals surface area contributed by atoms with E-state index in [1.165, 1.54) is 6.07 Å². The van der Waals surface area contributed by atoms with Gasteiger partial charge >= 0.3 is 0 Å². The summed E-state index contributed by atoms with van der Waals surface area (Å²) in [5.74, 6) is -0.0488. The molecule has 0 radical (unpaired) electrons. The van der Waals surface area contributed by atoms with E-state index in [9.17, 15) is 9.59 Å². The zero-order chi connectivity index (χ0) is 22.1. The first-order valence-electron chi connectivity index (χ1n) is 9.08. The predicted octanol–water partition coefficient (Wildman–Crippen LogP) is 4.09. The molecule has 2 aromatic rings. The summed E-state index contributed by atoms with van der Waals surface area (Å²) in [6, 6.07) is 11.8. The molecular formula is C20H21ClN4O3S2. The SMILES string of the molecule is CCOc1ccc(C(=O)NC(=S)Nc2ccc(NC(=S)NC(=O)CC)cc2)cc1Cl. The molecule has 2 rings (SSSR count). The van der Waals surface area contributed by atoms with Gasteiger partial charge in [0, 0.05) is 23.4 Å². The van der Waals surface area contributed by atoms with Gasteiger partial charge in [-0.3, -0.25) is 14.9 Å². The van der Waals surface area contributed by atoms with E-state index in [4.69, 9.17) is 40.8 Å². The van der Waals surface area contributed by atoms with Gasteiger partial charge in [-0.25, -0.2) is 0 Å². The summed E-state index contributed by atoms with van der Waals surface area (Å²) in [6.45, 7) is 4.07. The van der Waals surface area contributed by atoms with Crippen LogP contribution in [0.4, 0.5) is 11.4 Å².